The van der Waals surface area contributed by atoms with Crippen molar-refractivity contribution in [3.63, 3.8) is 0 Å². The van der Waals surface area contributed by atoms with Gasteiger partial charge in [-0.15, -0.1) is 0 Å². The SMILES string of the molecule is CCc1nc2ccccc2n1-c1nc(N2CCOCC2)c2nc(CN3CCN(C(C)(C)C)CC3)n(C)c2n1. The van der Waals surface area contributed by atoms with Gasteiger partial charge in [0.2, 0.25) is 5.95 Å². The maximum Gasteiger partial charge on any atom is 0.239 e. The van der Waals surface area contributed by atoms with Crippen LogP contribution in [0.4, 0.5) is 5.82 Å². The van der Waals surface area contributed by atoms with Gasteiger partial charge in [0.15, 0.2) is 17.0 Å². The van der Waals surface area contributed by atoms with Gasteiger partial charge in [-0.25, -0.2) is 9.97 Å². The molecule has 202 valence electrons. The zero-order valence-corrected chi connectivity index (χ0v) is 23.3. The van der Waals surface area contributed by atoms with Crippen molar-refractivity contribution in [2.24, 2.45) is 7.05 Å². The second kappa shape index (κ2) is 9.91. The number of aryl methyl sites for hydroxylation is 2. The Morgan fingerprint density at radius 3 is 2.32 bits per heavy atom. The lowest BCUT2D eigenvalue weighted by atomic mass is 10.1. The summed E-state index contributed by atoms with van der Waals surface area (Å²) in [5.41, 5.74) is 3.91. The van der Waals surface area contributed by atoms with Crippen LogP contribution in [0.5, 0.6) is 0 Å². The Morgan fingerprint density at radius 2 is 1.61 bits per heavy atom. The summed E-state index contributed by atoms with van der Waals surface area (Å²) in [6, 6.07) is 8.21. The number of imidazole rings is 2. The third kappa shape index (κ3) is 4.54. The van der Waals surface area contributed by atoms with Gasteiger partial charge in [0.1, 0.15) is 11.6 Å². The number of morpholine rings is 1. The normalized spacial score (nSPS) is 18.2. The van der Waals surface area contributed by atoms with Crippen LogP contribution in [0.3, 0.4) is 0 Å². The van der Waals surface area contributed by atoms with E-state index in [1.54, 1.807) is 0 Å². The molecule has 0 spiro atoms. The number of anilines is 1. The number of nitrogens with zero attached hydrogens (tertiary/aromatic N) is 9. The average Bonchev–Trinajstić information content (AvgIpc) is 3.46. The Bertz CT molecular complexity index is 1440. The Balaban J connectivity index is 1.42. The number of aromatic nitrogens is 6. The zero-order chi connectivity index (χ0) is 26.4. The van der Waals surface area contributed by atoms with Crippen LogP contribution >= 0.6 is 0 Å². The summed E-state index contributed by atoms with van der Waals surface area (Å²) in [5, 5.41) is 0. The summed E-state index contributed by atoms with van der Waals surface area (Å²) in [6.07, 6.45) is 0.792. The molecule has 38 heavy (non-hydrogen) atoms. The van der Waals surface area contributed by atoms with Crippen LogP contribution in [-0.2, 0) is 24.8 Å². The number of fused-ring (bicyclic) bond motifs is 2. The van der Waals surface area contributed by atoms with Crippen LogP contribution in [0.25, 0.3) is 28.1 Å². The van der Waals surface area contributed by atoms with Gasteiger partial charge in [-0.2, -0.15) is 9.97 Å². The largest absolute Gasteiger partial charge is 0.378 e. The minimum atomic E-state index is 0.206. The van der Waals surface area contributed by atoms with E-state index in [4.69, 9.17) is 24.7 Å². The molecule has 0 unspecified atom stereocenters. The van der Waals surface area contributed by atoms with Crippen LogP contribution in [0.2, 0.25) is 0 Å². The maximum atomic E-state index is 5.66. The standard InChI is InChI=1S/C28H39N9O/c1-6-22-29-20-9-7-8-10-21(20)37(22)27-31-25-24(26(32-27)35-15-17-38-18-16-35)30-23(33(25)5)19-34-11-13-36(14-12-34)28(2,3)4/h7-10H,6,11-19H2,1-5H3. The Morgan fingerprint density at radius 1 is 0.868 bits per heavy atom. The van der Waals surface area contributed by atoms with Gasteiger partial charge in [-0.3, -0.25) is 14.4 Å². The molecule has 0 radical (unpaired) electrons. The molecule has 0 atom stereocenters. The minimum absolute atomic E-state index is 0.206. The number of benzene rings is 1. The lowest BCUT2D eigenvalue weighted by Gasteiger charge is -2.42. The molecule has 0 amide bonds. The van der Waals surface area contributed by atoms with E-state index in [9.17, 15) is 0 Å². The molecule has 0 aliphatic carbocycles. The van der Waals surface area contributed by atoms with Gasteiger partial charge in [0, 0.05) is 58.3 Å². The van der Waals surface area contributed by atoms with Gasteiger partial charge in [-0.1, -0.05) is 19.1 Å². The molecule has 0 bridgehead atoms. The molecule has 3 aromatic heterocycles. The highest BCUT2D eigenvalue weighted by molar-refractivity contribution is 5.86. The van der Waals surface area contributed by atoms with E-state index in [0.29, 0.717) is 19.2 Å². The average molecular weight is 518 g/mol. The van der Waals surface area contributed by atoms with Crippen LogP contribution in [-0.4, -0.2) is 96.9 Å². The molecule has 10 heteroatoms. The first-order chi connectivity index (χ1) is 18.3. The van der Waals surface area contributed by atoms with Crippen molar-refractivity contribution in [2.45, 2.75) is 46.2 Å². The summed E-state index contributed by atoms with van der Waals surface area (Å²) in [5.74, 6) is 3.51. The number of hydrogen-bond donors (Lipinski definition) is 0. The molecule has 2 saturated heterocycles. The monoisotopic (exact) mass is 517 g/mol. The molecule has 2 aliphatic heterocycles. The summed E-state index contributed by atoms with van der Waals surface area (Å²) >= 11 is 0. The molecular formula is C28H39N9O. The number of piperazine rings is 1. The van der Waals surface area contributed by atoms with Gasteiger partial charge >= 0.3 is 0 Å². The highest BCUT2D eigenvalue weighted by Crippen LogP contribution is 2.29. The molecular weight excluding hydrogens is 478 g/mol. The lowest BCUT2D eigenvalue weighted by Crippen LogP contribution is -2.53. The fraction of sp³-hybridized carbons (Fsp3) is 0.571. The molecule has 6 rings (SSSR count). The van der Waals surface area contributed by atoms with Gasteiger partial charge in [-0.05, 0) is 32.9 Å². The van der Waals surface area contributed by atoms with E-state index in [1.165, 1.54) is 0 Å². The molecule has 2 aliphatic rings. The van der Waals surface area contributed by atoms with E-state index >= 15 is 0 Å². The predicted molar refractivity (Wildman–Crippen MR) is 150 cm³/mol. The van der Waals surface area contributed by atoms with E-state index in [2.05, 4.69) is 64.6 Å². The summed E-state index contributed by atoms with van der Waals surface area (Å²) in [7, 11) is 2.09. The lowest BCUT2D eigenvalue weighted by molar-refractivity contribution is 0.0577. The molecule has 4 aromatic rings. The Labute approximate surface area is 224 Å². The first kappa shape index (κ1) is 25.2. The fourth-order valence-corrected chi connectivity index (χ4v) is 5.63. The van der Waals surface area contributed by atoms with Crippen molar-refractivity contribution >= 4 is 28.0 Å². The first-order valence-corrected chi connectivity index (χ1v) is 13.8. The second-order valence-corrected chi connectivity index (χ2v) is 11.3. The minimum Gasteiger partial charge on any atom is -0.378 e. The molecule has 1 aromatic carbocycles. The smallest absolute Gasteiger partial charge is 0.239 e. The van der Waals surface area contributed by atoms with Crippen molar-refractivity contribution in [1.82, 2.24) is 38.9 Å². The van der Waals surface area contributed by atoms with Crippen molar-refractivity contribution in [3.8, 4) is 5.95 Å². The van der Waals surface area contributed by atoms with E-state index < -0.39 is 0 Å². The van der Waals surface area contributed by atoms with E-state index in [1.807, 2.05) is 18.2 Å². The fourth-order valence-electron chi connectivity index (χ4n) is 5.63. The Hall–Kier alpha value is -3.08. The van der Waals surface area contributed by atoms with Crippen LogP contribution in [0, 0.1) is 0 Å². The molecule has 0 saturated carbocycles. The number of para-hydroxylation sites is 2. The highest BCUT2D eigenvalue weighted by Gasteiger charge is 2.28. The highest BCUT2D eigenvalue weighted by atomic mass is 16.5. The summed E-state index contributed by atoms with van der Waals surface area (Å²) in [4.78, 5) is 27.7. The third-order valence-corrected chi connectivity index (χ3v) is 7.92. The Kier molecular flexibility index (Phi) is 6.57. The molecule has 0 N–H and O–H groups in total. The molecule has 10 nitrogen and oxygen atoms in total. The van der Waals surface area contributed by atoms with Crippen LogP contribution < -0.4 is 4.90 Å². The van der Waals surface area contributed by atoms with Gasteiger partial charge in [0.25, 0.3) is 0 Å². The van der Waals surface area contributed by atoms with Gasteiger partial charge in [0.05, 0.1) is 30.8 Å². The van der Waals surface area contributed by atoms with Crippen molar-refractivity contribution in [3.05, 3.63) is 35.9 Å². The van der Waals surface area contributed by atoms with E-state index in [-0.39, 0.29) is 5.54 Å². The number of ether oxygens (including phenoxy) is 1. The van der Waals surface area contributed by atoms with Crippen molar-refractivity contribution in [1.29, 1.82) is 0 Å². The zero-order valence-electron chi connectivity index (χ0n) is 23.3. The molecule has 5 heterocycles. The second-order valence-electron chi connectivity index (χ2n) is 11.3. The maximum absolute atomic E-state index is 5.66. The van der Waals surface area contributed by atoms with Gasteiger partial charge < -0.3 is 14.2 Å². The van der Waals surface area contributed by atoms with Crippen LogP contribution in [0.15, 0.2) is 24.3 Å². The first-order valence-electron chi connectivity index (χ1n) is 13.8. The predicted octanol–water partition coefficient (Wildman–Crippen LogP) is 3.02. The quantitative estimate of drug-likeness (QED) is 0.400. The summed E-state index contributed by atoms with van der Waals surface area (Å²) in [6.45, 7) is 17.0. The number of rotatable bonds is 5. The van der Waals surface area contributed by atoms with Crippen molar-refractivity contribution in [2.75, 3.05) is 57.4 Å². The van der Waals surface area contributed by atoms with Crippen molar-refractivity contribution < 1.29 is 4.74 Å². The third-order valence-electron chi connectivity index (χ3n) is 7.92. The topological polar surface area (TPSA) is 80.4 Å². The number of hydrogen-bond acceptors (Lipinski definition) is 8. The van der Waals surface area contributed by atoms with E-state index in [0.717, 1.165) is 91.9 Å². The van der Waals surface area contributed by atoms with Crippen LogP contribution in [0.1, 0.15) is 39.3 Å². The summed E-state index contributed by atoms with van der Waals surface area (Å²) < 4.78 is 9.92. The molecule has 2 fully saturated rings.